The summed E-state index contributed by atoms with van der Waals surface area (Å²) >= 11 is 6.19. The summed E-state index contributed by atoms with van der Waals surface area (Å²) in [5.41, 5.74) is 2.21. The minimum absolute atomic E-state index is 0.0136. The molecule has 2 N–H and O–H groups in total. The Labute approximate surface area is 474 Å². The number of nitrogens with one attached hydrogen (secondary N) is 1. The summed E-state index contributed by atoms with van der Waals surface area (Å²) in [7, 11) is 0. The molecule has 0 bridgehead atoms. The standard InChI is InChI=1S/C60H68ClN11O9/c1-2-60(78)47-32-51-54-39(34-72(51)57(75)46(47)36-79-58(60)76)30-44-45(52(14-12-49(44)64-54)81-59(77)71-24-18-41(19-25-71)68-20-4-3-5-21-68)35-67-26-28-70(29-27-67)56(74)37-16-22-69(23-17-37)53-15-13-50(65-66-53)55(73)63-40-7-10-42(11-8-40)80-43-9-6-38(33-62)48(61)31-43/h6,9,12-15,30-32,37,40-42,78H,2-5,7-8,10-11,16-29,34-36H2,1H3,(H,63,73)/t40-,42-,60-/m0/s1. The summed E-state index contributed by atoms with van der Waals surface area (Å²) in [6.07, 6.45) is 9.52. The number of carbonyl (C=O) groups is 4. The fraction of sp³-hybridized carbons (Fsp3) is 0.517. The molecule has 6 aliphatic heterocycles. The van der Waals surface area contributed by atoms with Crippen molar-refractivity contribution < 1.29 is 38.5 Å². The molecule has 1 aliphatic carbocycles. The summed E-state index contributed by atoms with van der Waals surface area (Å²) in [4.78, 5) is 84.1. The molecule has 3 aromatic heterocycles. The first-order chi connectivity index (χ1) is 39.3. The second-order valence-electron chi connectivity index (χ2n) is 22.8. The van der Waals surface area contributed by atoms with Gasteiger partial charge in [-0.3, -0.25) is 19.3 Å². The number of pyridine rings is 2. The third kappa shape index (κ3) is 10.9. The number of rotatable bonds is 11. The number of fused-ring (bicyclic) bond motifs is 5. The number of esters is 1. The van der Waals surface area contributed by atoms with E-state index in [1.807, 2.05) is 34.1 Å². The van der Waals surface area contributed by atoms with E-state index in [1.54, 1.807) is 41.8 Å². The number of cyclic esters (lactones) is 1. The van der Waals surface area contributed by atoms with Crippen LogP contribution in [0.1, 0.15) is 122 Å². The van der Waals surface area contributed by atoms with E-state index in [0.29, 0.717) is 123 Å². The molecular weight excluding hydrogens is 1050 g/mol. The number of hydrogen-bond acceptors (Lipinski definition) is 16. The van der Waals surface area contributed by atoms with E-state index in [0.717, 1.165) is 68.1 Å². The molecule has 4 saturated heterocycles. The van der Waals surface area contributed by atoms with Gasteiger partial charge in [0, 0.05) is 105 Å². The Kier molecular flexibility index (Phi) is 15.4. The smallest absolute Gasteiger partial charge is 0.415 e. The van der Waals surface area contributed by atoms with Gasteiger partial charge in [-0.25, -0.2) is 14.6 Å². The van der Waals surface area contributed by atoms with Crippen LogP contribution in [0.15, 0.2) is 59.4 Å². The van der Waals surface area contributed by atoms with Crippen LogP contribution in [0.4, 0.5) is 10.6 Å². The fourth-order valence-corrected chi connectivity index (χ4v) is 13.4. The van der Waals surface area contributed by atoms with E-state index < -0.39 is 11.6 Å². The number of carbonyl (C=O) groups excluding carboxylic acids is 4. The lowest BCUT2D eigenvalue weighted by Crippen LogP contribution is -2.51. The van der Waals surface area contributed by atoms with Crippen LogP contribution >= 0.6 is 11.6 Å². The first-order valence-corrected chi connectivity index (χ1v) is 29.3. The van der Waals surface area contributed by atoms with E-state index in [2.05, 4.69) is 36.3 Å². The Morgan fingerprint density at radius 2 is 1.62 bits per heavy atom. The van der Waals surface area contributed by atoms with Gasteiger partial charge in [0.25, 0.3) is 11.5 Å². The molecular formula is C60H68ClN11O9. The van der Waals surface area contributed by atoms with E-state index in [4.69, 9.17) is 36.1 Å². The van der Waals surface area contributed by atoms with Gasteiger partial charge in [-0.05, 0) is 132 Å². The average molecular weight is 1120 g/mol. The van der Waals surface area contributed by atoms with Gasteiger partial charge in [-0.2, -0.15) is 5.26 Å². The number of aromatic nitrogens is 4. The Hall–Kier alpha value is -7.18. The van der Waals surface area contributed by atoms with Crippen LogP contribution in [0.3, 0.4) is 0 Å². The molecule has 5 aromatic rings. The molecule has 9 heterocycles. The normalized spacial score (nSPS) is 22.8. The van der Waals surface area contributed by atoms with Gasteiger partial charge in [0.15, 0.2) is 17.1 Å². The number of ether oxygens (including phenoxy) is 3. The Morgan fingerprint density at radius 3 is 2.32 bits per heavy atom. The zero-order valence-corrected chi connectivity index (χ0v) is 46.5. The molecule has 1 atom stereocenters. The number of nitrogens with zero attached hydrogens (tertiary/aromatic N) is 10. The maximum atomic E-state index is 14.1. The van der Waals surface area contributed by atoms with Crippen LogP contribution in [-0.2, 0) is 39.6 Å². The number of piperidine rings is 3. The third-order valence-electron chi connectivity index (χ3n) is 18.1. The number of likely N-dealkylation sites (tertiary alicyclic amines) is 2. The third-order valence-corrected chi connectivity index (χ3v) is 18.4. The van der Waals surface area contributed by atoms with Crippen LogP contribution in [0, 0.1) is 17.2 Å². The predicted molar refractivity (Wildman–Crippen MR) is 300 cm³/mol. The van der Waals surface area contributed by atoms with Crippen LogP contribution in [0.25, 0.3) is 22.3 Å². The molecule has 3 amide bonds. The molecule has 2 aromatic carbocycles. The number of anilines is 1. The Morgan fingerprint density at radius 1 is 0.852 bits per heavy atom. The zero-order chi connectivity index (χ0) is 55.9. The van der Waals surface area contributed by atoms with Gasteiger partial charge >= 0.3 is 12.1 Å². The maximum absolute atomic E-state index is 14.1. The summed E-state index contributed by atoms with van der Waals surface area (Å²) in [5, 5.41) is 33.6. The highest BCUT2D eigenvalue weighted by molar-refractivity contribution is 6.31. The second kappa shape index (κ2) is 23.0. The number of nitriles is 1. The summed E-state index contributed by atoms with van der Waals surface area (Å²) in [5.74, 6) is 0.685. The van der Waals surface area contributed by atoms with E-state index in [-0.39, 0.29) is 77.9 Å². The van der Waals surface area contributed by atoms with Gasteiger partial charge in [0.05, 0.1) is 45.7 Å². The van der Waals surface area contributed by atoms with Crippen molar-refractivity contribution in [3.8, 4) is 29.0 Å². The minimum Gasteiger partial charge on any atom is -0.490 e. The summed E-state index contributed by atoms with van der Waals surface area (Å²) in [6, 6.07) is 18.5. The molecule has 0 radical (unpaired) electrons. The van der Waals surface area contributed by atoms with Crippen molar-refractivity contribution in [2.75, 3.05) is 70.3 Å². The Bertz CT molecular complexity index is 3350. The van der Waals surface area contributed by atoms with Crippen LogP contribution in [-0.4, -0.2) is 152 Å². The minimum atomic E-state index is -1.94. The average Bonchev–Trinajstić information content (AvgIpc) is 4.15. The number of amides is 3. The number of piperazine rings is 1. The molecule has 5 fully saturated rings. The molecule has 0 spiro atoms. The monoisotopic (exact) mass is 1120 g/mol. The maximum Gasteiger partial charge on any atom is 0.415 e. The number of halogens is 1. The fourth-order valence-electron chi connectivity index (χ4n) is 13.2. The van der Waals surface area contributed by atoms with Gasteiger partial charge in [0.1, 0.15) is 24.2 Å². The van der Waals surface area contributed by atoms with Gasteiger partial charge in [-0.15, -0.1) is 10.2 Å². The van der Waals surface area contributed by atoms with Crippen LogP contribution in [0.5, 0.6) is 11.5 Å². The van der Waals surface area contributed by atoms with E-state index in [9.17, 15) is 29.1 Å². The van der Waals surface area contributed by atoms with Crippen molar-refractivity contribution in [3.63, 3.8) is 0 Å². The summed E-state index contributed by atoms with van der Waals surface area (Å²) < 4.78 is 19.4. The van der Waals surface area contributed by atoms with Crippen LogP contribution < -0.4 is 25.2 Å². The van der Waals surface area contributed by atoms with Crippen molar-refractivity contribution in [2.45, 2.75) is 127 Å². The lowest BCUT2D eigenvalue weighted by molar-refractivity contribution is -0.172. The summed E-state index contributed by atoms with van der Waals surface area (Å²) in [6.45, 7) is 9.14. The van der Waals surface area contributed by atoms with Crippen molar-refractivity contribution in [1.82, 2.24) is 44.7 Å². The van der Waals surface area contributed by atoms with Gasteiger partial charge in [0.2, 0.25) is 5.91 Å². The van der Waals surface area contributed by atoms with E-state index in [1.165, 1.54) is 19.3 Å². The van der Waals surface area contributed by atoms with Crippen molar-refractivity contribution >= 4 is 52.2 Å². The largest absolute Gasteiger partial charge is 0.490 e. The molecule has 7 aliphatic rings. The number of benzene rings is 2. The van der Waals surface area contributed by atoms with Gasteiger partial charge < -0.3 is 48.8 Å². The quantitative estimate of drug-likeness (QED) is 0.132. The first-order valence-electron chi connectivity index (χ1n) is 28.9. The molecule has 81 heavy (non-hydrogen) atoms. The van der Waals surface area contributed by atoms with Crippen molar-refractivity contribution in [3.05, 3.63) is 103 Å². The lowest BCUT2D eigenvalue weighted by atomic mass is 9.86. The lowest BCUT2D eigenvalue weighted by Gasteiger charge is -2.40. The number of hydrogen-bond donors (Lipinski definition) is 2. The topological polar surface area (TPSA) is 229 Å². The predicted octanol–water partition coefficient (Wildman–Crippen LogP) is 6.52. The highest BCUT2D eigenvalue weighted by Crippen LogP contribution is 2.41. The van der Waals surface area contributed by atoms with Crippen molar-refractivity contribution in [2.24, 2.45) is 5.92 Å². The Balaban J connectivity index is 0.674. The SMILES string of the molecule is CC[C@@]1(O)C(=O)OCc2c1cc1n(c2=O)Cc2cc3c(CN4CCN(C(=O)C5CCN(c6ccc(C(=O)N[C@H]7CC[C@H](Oc8ccc(C#N)c(Cl)c8)CC7)nn6)CC5)CC4)c(OC(=O)N4CCC(N5CCCCC5)CC4)ccc3nc2-1. The highest BCUT2D eigenvalue weighted by atomic mass is 35.5. The van der Waals surface area contributed by atoms with Crippen LogP contribution in [0.2, 0.25) is 5.02 Å². The van der Waals surface area contributed by atoms with E-state index >= 15 is 0 Å². The molecule has 1 saturated carbocycles. The molecule has 424 valence electrons. The number of aliphatic hydroxyl groups is 1. The van der Waals surface area contributed by atoms with Crippen molar-refractivity contribution in [1.29, 1.82) is 5.26 Å². The molecule has 0 unspecified atom stereocenters. The van der Waals surface area contributed by atoms with Gasteiger partial charge in [-0.1, -0.05) is 24.9 Å². The first kappa shape index (κ1) is 54.4. The highest BCUT2D eigenvalue weighted by Gasteiger charge is 2.46. The molecule has 21 heteroatoms. The second-order valence-corrected chi connectivity index (χ2v) is 23.3. The molecule has 12 rings (SSSR count). The molecule has 20 nitrogen and oxygen atoms in total. The zero-order valence-electron chi connectivity index (χ0n) is 45.7.